The van der Waals surface area contributed by atoms with Gasteiger partial charge in [-0.1, -0.05) is 33.6 Å². The van der Waals surface area contributed by atoms with E-state index in [-0.39, 0.29) is 0 Å². The molecule has 19 heavy (non-hydrogen) atoms. The summed E-state index contributed by atoms with van der Waals surface area (Å²) in [6.45, 7) is 2.21. The molecule has 1 saturated heterocycles. The van der Waals surface area contributed by atoms with Gasteiger partial charge in [-0.15, -0.1) is 0 Å². The summed E-state index contributed by atoms with van der Waals surface area (Å²) in [6, 6.07) is 6.46. The summed E-state index contributed by atoms with van der Waals surface area (Å²) >= 11 is 9.57. The van der Waals surface area contributed by atoms with Gasteiger partial charge < -0.3 is 5.11 Å². The van der Waals surface area contributed by atoms with Crippen LogP contribution in [0.4, 0.5) is 0 Å². The van der Waals surface area contributed by atoms with Gasteiger partial charge in [0.05, 0.1) is 6.10 Å². The molecule has 1 aromatic rings. The fraction of sp³-hybridized carbons (Fsp3) is 0.600. The summed E-state index contributed by atoms with van der Waals surface area (Å²) in [7, 11) is 0. The normalized spacial score (nSPS) is 27.9. The van der Waals surface area contributed by atoms with Crippen molar-refractivity contribution in [1.82, 2.24) is 4.90 Å². The topological polar surface area (TPSA) is 23.5 Å². The maximum absolute atomic E-state index is 10.3. The van der Waals surface area contributed by atoms with Crippen LogP contribution in [0.1, 0.15) is 37.4 Å². The van der Waals surface area contributed by atoms with Gasteiger partial charge in [0.15, 0.2) is 0 Å². The Morgan fingerprint density at radius 1 is 1.42 bits per heavy atom. The van der Waals surface area contributed by atoms with E-state index in [9.17, 15) is 5.11 Å². The average Bonchev–Trinajstić information content (AvgIpc) is 2.98. The third-order valence-electron chi connectivity index (χ3n) is 4.53. The lowest BCUT2D eigenvalue weighted by Crippen LogP contribution is -2.33. The van der Waals surface area contributed by atoms with E-state index in [1.807, 2.05) is 18.2 Å². The second-order valence-corrected chi connectivity index (χ2v) is 7.12. The lowest BCUT2D eigenvalue weighted by atomic mass is 10.1. The summed E-state index contributed by atoms with van der Waals surface area (Å²) in [6.07, 6.45) is 4.43. The quantitative estimate of drug-likeness (QED) is 0.892. The van der Waals surface area contributed by atoms with Crippen molar-refractivity contribution in [2.75, 3.05) is 13.1 Å². The van der Waals surface area contributed by atoms with E-state index >= 15 is 0 Å². The minimum atomic E-state index is -0.459. The minimum absolute atomic E-state index is 0.459. The predicted octanol–water partition coefficient (Wildman–Crippen LogP) is 4.01. The first kappa shape index (κ1) is 13.9. The molecule has 1 N–H and O–H groups in total. The molecule has 0 aromatic heterocycles. The van der Waals surface area contributed by atoms with Crippen LogP contribution in [0.5, 0.6) is 0 Å². The Labute approximate surface area is 127 Å². The molecule has 1 aliphatic carbocycles. The van der Waals surface area contributed by atoms with Gasteiger partial charge >= 0.3 is 0 Å². The van der Waals surface area contributed by atoms with Crippen molar-refractivity contribution < 1.29 is 5.11 Å². The molecule has 3 rings (SSSR count). The van der Waals surface area contributed by atoms with Crippen molar-refractivity contribution in [1.29, 1.82) is 0 Å². The largest absolute Gasteiger partial charge is 0.388 e. The van der Waals surface area contributed by atoms with Crippen LogP contribution in [-0.2, 0) is 0 Å². The number of hydrogen-bond donors (Lipinski definition) is 1. The summed E-state index contributed by atoms with van der Waals surface area (Å²) in [4.78, 5) is 2.55. The van der Waals surface area contributed by atoms with Gasteiger partial charge in [-0.3, -0.25) is 4.90 Å². The molecule has 1 aromatic carbocycles. The number of aliphatic hydroxyl groups is 1. The van der Waals surface area contributed by atoms with Crippen molar-refractivity contribution in [3.8, 4) is 0 Å². The maximum atomic E-state index is 10.3. The number of fused-ring (bicyclic) bond motifs is 2. The van der Waals surface area contributed by atoms with E-state index in [0.29, 0.717) is 5.02 Å². The molecule has 2 aliphatic rings. The Kier molecular flexibility index (Phi) is 4.18. The van der Waals surface area contributed by atoms with Crippen LogP contribution in [-0.4, -0.2) is 29.1 Å². The highest BCUT2D eigenvalue weighted by atomic mass is 79.9. The lowest BCUT2D eigenvalue weighted by molar-refractivity contribution is 0.129. The van der Waals surface area contributed by atoms with E-state index in [2.05, 4.69) is 20.8 Å². The Hall–Kier alpha value is -0.0900. The monoisotopic (exact) mass is 343 g/mol. The first-order valence-corrected chi connectivity index (χ1v) is 8.17. The van der Waals surface area contributed by atoms with Crippen LogP contribution in [0.3, 0.4) is 0 Å². The van der Waals surface area contributed by atoms with E-state index in [4.69, 9.17) is 11.6 Å². The number of hydrogen-bond acceptors (Lipinski definition) is 2. The standard InChI is InChI=1S/C15H19BrClNO/c16-11-2-4-13(14(17)8-11)15(19)5-6-18-9-10-1-3-12(18)7-10/h2,4,8,10,12,15,19H,1,3,5-7,9H2. The van der Waals surface area contributed by atoms with E-state index < -0.39 is 6.10 Å². The zero-order valence-corrected chi connectivity index (χ0v) is 13.2. The first-order chi connectivity index (χ1) is 9.13. The molecule has 1 saturated carbocycles. The molecule has 4 heteroatoms. The summed E-state index contributed by atoms with van der Waals surface area (Å²) in [5.74, 6) is 0.915. The summed E-state index contributed by atoms with van der Waals surface area (Å²) in [5.41, 5.74) is 0.842. The van der Waals surface area contributed by atoms with Crippen LogP contribution in [0.25, 0.3) is 0 Å². The number of nitrogens with zero attached hydrogens (tertiary/aromatic N) is 1. The highest BCUT2D eigenvalue weighted by molar-refractivity contribution is 9.10. The molecule has 3 atom stereocenters. The van der Waals surface area contributed by atoms with Crippen molar-refractivity contribution in [2.45, 2.75) is 37.8 Å². The molecule has 2 fully saturated rings. The SMILES string of the molecule is OC(CCN1CC2CCC1C2)c1ccc(Br)cc1Cl. The molecular formula is C15H19BrClNO. The highest BCUT2D eigenvalue weighted by Gasteiger charge is 2.37. The van der Waals surface area contributed by atoms with Crippen LogP contribution in [0.2, 0.25) is 5.02 Å². The number of piperidine rings is 1. The Bertz CT molecular complexity index is 467. The average molecular weight is 345 g/mol. The third-order valence-corrected chi connectivity index (χ3v) is 5.35. The summed E-state index contributed by atoms with van der Waals surface area (Å²) in [5, 5.41) is 10.9. The Morgan fingerprint density at radius 2 is 2.26 bits per heavy atom. The zero-order chi connectivity index (χ0) is 13.4. The Morgan fingerprint density at radius 3 is 2.89 bits per heavy atom. The molecule has 1 heterocycles. The fourth-order valence-electron chi connectivity index (χ4n) is 3.52. The number of halogens is 2. The molecule has 104 valence electrons. The van der Waals surface area contributed by atoms with Gasteiger partial charge in [-0.2, -0.15) is 0 Å². The second kappa shape index (κ2) is 5.72. The van der Waals surface area contributed by atoms with E-state index in [0.717, 1.165) is 35.0 Å². The molecule has 2 bridgehead atoms. The molecule has 2 nitrogen and oxygen atoms in total. The van der Waals surface area contributed by atoms with Gasteiger partial charge in [0, 0.05) is 28.6 Å². The molecule has 0 spiro atoms. The first-order valence-electron chi connectivity index (χ1n) is 7.00. The molecule has 3 unspecified atom stereocenters. The number of likely N-dealkylation sites (tertiary alicyclic amines) is 1. The van der Waals surface area contributed by atoms with Gasteiger partial charge in [0.25, 0.3) is 0 Å². The minimum Gasteiger partial charge on any atom is -0.388 e. The van der Waals surface area contributed by atoms with E-state index in [1.165, 1.54) is 25.8 Å². The predicted molar refractivity (Wildman–Crippen MR) is 81.4 cm³/mol. The second-order valence-electron chi connectivity index (χ2n) is 5.80. The van der Waals surface area contributed by atoms with Gasteiger partial charge in [0.2, 0.25) is 0 Å². The van der Waals surface area contributed by atoms with Crippen molar-refractivity contribution in [3.63, 3.8) is 0 Å². The highest BCUT2D eigenvalue weighted by Crippen LogP contribution is 2.38. The van der Waals surface area contributed by atoms with Crippen molar-refractivity contribution >= 4 is 27.5 Å². The zero-order valence-electron chi connectivity index (χ0n) is 10.9. The van der Waals surface area contributed by atoms with Crippen LogP contribution in [0, 0.1) is 5.92 Å². The van der Waals surface area contributed by atoms with Crippen LogP contribution < -0.4 is 0 Å². The molecular weight excluding hydrogens is 326 g/mol. The van der Waals surface area contributed by atoms with Gasteiger partial charge in [-0.25, -0.2) is 0 Å². The van der Waals surface area contributed by atoms with Gasteiger partial charge in [-0.05, 0) is 49.3 Å². The number of benzene rings is 1. The van der Waals surface area contributed by atoms with Crippen LogP contribution in [0.15, 0.2) is 22.7 Å². The third kappa shape index (κ3) is 2.99. The summed E-state index contributed by atoms with van der Waals surface area (Å²) < 4.78 is 0.949. The Balaban J connectivity index is 1.57. The smallest absolute Gasteiger partial charge is 0.0816 e. The lowest BCUT2D eigenvalue weighted by Gasteiger charge is -2.27. The number of rotatable bonds is 4. The number of aliphatic hydroxyl groups excluding tert-OH is 1. The molecule has 0 amide bonds. The van der Waals surface area contributed by atoms with Crippen molar-refractivity contribution in [3.05, 3.63) is 33.3 Å². The van der Waals surface area contributed by atoms with E-state index in [1.54, 1.807) is 0 Å². The molecule has 0 radical (unpaired) electrons. The maximum Gasteiger partial charge on any atom is 0.0816 e. The van der Waals surface area contributed by atoms with Crippen molar-refractivity contribution in [2.24, 2.45) is 5.92 Å². The fourth-order valence-corrected chi connectivity index (χ4v) is 4.32. The molecule has 1 aliphatic heterocycles. The van der Waals surface area contributed by atoms with Gasteiger partial charge in [0.1, 0.15) is 0 Å². The van der Waals surface area contributed by atoms with Crippen LogP contribution >= 0.6 is 27.5 Å².